The lowest BCUT2D eigenvalue weighted by Gasteiger charge is -2.13. The summed E-state index contributed by atoms with van der Waals surface area (Å²) < 4.78 is 32.4. The summed E-state index contributed by atoms with van der Waals surface area (Å²) in [4.78, 5) is 0.242. The van der Waals surface area contributed by atoms with Gasteiger partial charge in [-0.1, -0.05) is 12.1 Å². The normalized spacial score (nSPS) is 19.4. The van der Waals surface area contributed by atoms with Crippen LogP contribution in [0.15, 0.2) is 23.1 Å². The largest absolute Gasteiger partial charge is 0.392 e. The summed E-state index contributed by atoms with van der Waals surface area (Å²) >= 11 is 0. The summed E-state index contributed by atoms with van der Waals surface area (Å²) in [6, 6.07) is 4.94. The molecule has 1 aromatic carbocycles. The number of nitrogens with one attached hydrogen (secondary N) is 1. The zero-order valence-electron chi connectivity index (χ0n) is 11.6. The van der Waals surface area contributed by atoms with Crippen molar-refractivity contribution in [2.75, 3.05) is 19.8 Å². The average Bonchev–Trinajstić information content (AvgIpc) is 2.91. The molecule has 2 rings (SSSR count). The van der Waals surface area contributed by atoms with E-state index in [1.807, 2.05) is 0 Å². The average molecular weight is 299 g/mol. The van der Waals surface area contributed by atoms with Gasteiger partial charge in [-0.05, 0) is 42.9 Å². The summed E-state index contributed by atoms with van der Waals surface area (Å²) in [5.74, 6) is 0.447. The van der Waals surface area contributed by atoms with Crippen molar-refractivity contribution in [2.45, 2.75) is 31.3 Å². The van der Waals surface area contributed by atoms with E-state index in [0.29, 0.717) is 23.6 Å². The van der Waals surface area contributed by atoms with Gasteiger partial charge in [0.05, 0.1) is 11.5 Å². The molecule has 0 saturated carbocycles. The molecule has 5 nitrogen and oxygen atoms in total. The van der Waals surface area contributed by atoms with Crippen molar-refractivity contribution in [1.29, 1.82) is 0 Å². The van der Waals surface area contributed by atoms with Gasteiger partial charge in [0.15, 0.2) is 0 Å². The molecule has 0 aromatic heterocycles. The third kappa shape index (κ3) is 3.58. The molecule has 1 aliphatic heterocycles. The molecule has 1 fully saturated rings. The minimum absolute atomic E-state index is 0.158. The van der Waals surface area contributed by atoms with Crippen molar-refractivity contribution in [2.24, 2.45) is 5.92 Å². The van der Waals surface area contributed by atoms with E-state index in [2.05, 4.69) is 4.72 Å². The molecule has 1 atom stereocenters. The quantitative estimate of drug-likeness (QED) is 0.827. The van der Waals surface area contributed by atoms with Gasteiger partial charge in [0.25, 0.3) is 0 Å². The highest BCUT2D eigenvalue weighted by Crippen LogP contribution is 2.20. The van der Waals surface area contributed by atoms with Crippen LogP contribution in [-0.4, -0.2) is 33.3 Å². The molecule has 1 aliphatic rings. The van der Waals surface area contributed by atoms with Gasteiger partial charge >= 0.3 is 0 Å². The number of rotatable bonds is 6. The number of ether oxygens (including phenoxy) is 1. The summed E-state index contributed by atoms with van der Waals surface area (Å²) in [5.41, 5.74) is 1.24. The molecular weight excluding hydrogens is 278 g/mol. The van der Waals surface area contributed by atoms with Crippen molar-refractivity contribution in [3.63, 3.8) is 0 Å². The number of aliphatic hydroxyl groups excluding tert-OH is 1. The van der Waals surface area contributed by atoms with Crippen molar-refractivity contribution >= 4 is 10.0 Å². The second-order valence-electron chi connectivity index (χ2n) is 5.11. The highest BCUT2D eigenvalue weighted by Gasteiger charge is 2.20. The van der Waals surface area contributed by atoms with Crippen LogP contribution in [0.4, 0.5) is 0 Å². The lowest BCUT2D eigenvalue weighted by molar-refractivity contribution is 0.184. The Morgan fingerprint density at radius 3 is 2.90 bits per heavy atom. The van der Waals surface area contributed by atoms with Gasteiger partial charge < -0.3 is 9.84 Å². The Morgan fingerprint density at radius 1 is 1.45 bits per heavy atom. The fourth-order valence-electron chi connectivity index (χ4n) is 2.41. The summed E-state index contributed by atoms with van der Waals surface area (Å²) in [7, 11) is -3.52. The van der Waals surface area contributed by atoms with Crippen LogP contribution >= 0.6 is 0 Å². The topological polar surface area (TPSA) is 75.6 Å². The first-order chi connectivity index (χ1) is 9.54. The Hall–Kier alpha value is -0.950. The Kier molecular flexibility index (Phi) is 5.15. The van der Waals surface area contributed by atoms with Crippen molar-refractivity contribution in [1.82, 2.24) is 4.72 Å². The Balaban J connectivity index is 2.02. The fourth-order valence-corrected chi connectivity index (χ4v) is 3.74. The van der Waals surface area contributed by atoms with Crippen LogP contribution in [-0.2, 0) is 21.4 Å². The van der Waals surface area contributed by atoms with Crippen LogP contribution in [0.3, 0.4) is 0 Å². The first-order valence-electron chi connectivity index (χ1n) is 6.81. The van der Waals surface area contributed by atoms with Crippen LogP contribution < -0.4 is 4.72 Å². The molecule has 1 aromatic rings. The molecule has 20 heavy (non-hydrogen) atoms. The van der Waals surface area contributed by atoms with E-state index in [-0.39, 0.29) is 11.5 Å². The molecule has 0 bridgehead atoms. The number of benzene rings is 1. The van der Waals surface area contributed by atoms with E-state index in [9.17, 15) is 13.5 Å². The highest BCUT2D eigenvalue weighted by atomic mass is 32.2. The van der Waals surface area contributed by atoms with E-state index >= 15 is 0 Å². The standard InChI is InChI=1S/C14H21NO4S/c1-11-13(9-16)3-2-4-14(11)20(17,18)15-7-5-12-6-8-19-10-12/h2-4,12,15-16H,5-10H2,1H3. The van der Waals surface area contributed by atoms with Crippen LogP contribution in [0.2, 0.25) is 0 Å². The van der Waals surface area contributed by atoms with Crippen molar-refractivity contribution in [3.05, 3.63) is 29.3 Å². The van der Waals surface area contributed by atoms with E-state index in [1.165, 1.54) is 0 Å². The molecule has 2 N–H and O–H groups in total. The van der Waals surface area contributed by atoms with E-state index < -0.39 is 10.0 Å². The van der Waals surface area contributed by atoms with Crippen LogP contribution in [0.25, 0.3) is 0 Å². The number of hydrogen-bond donors (Lipinski definition) is 2. The Labute approximate surface area is 120 Å². The molecule has 1 unspecified atom stereocenters. The summed E-state index contributed by atoms with van der Waals surface area (Å²) in [5, 5.41) is 9.20. The molecular formula is C14H21NO4S. The van der Waals surface area contributed by atoms with Gasteiger partial charge in [-0.15, -0.1) is 0 Å². The third-order valence-electron chi connectivity index (χ3n) is 3.72. The van der Waals surface area contributed by atoms with Crippen LogP contribution in [0.1, 0.15) is 24.0 Å². The maximum Gasteiger partial charge on any atom is 0.240 e. The predicted octanol–water partition coefficient (Wildman–Crippen LogP) is 1.19. The fraction of sp³-hybridized carbons (Fsp3) is 0.571. The zero-order valence-corrected chi connectivity index (χ0v) is 12.4. The molecule has 1 heterocycles. The van der Waals surface area contributed by atoms with Crippen molar-refractivity contribution < 1.29 is 18.3 Å². The van der Waals surface area contributed by atoms with E-state index in [4.69, 9.17) is 4.74 Å². The molecule has 0 spiro atoms. The minimum atomic E-state index is -3.52. The van der Waals surface area contributed by atoms with Crippen LogP contribution in [0.5, 0.6) is 0 Å². The van der Waals surface area contributed by atoms with E-state index in [0.717, 1.165) is 26.1 Å². The van der Waals surface area contributed by atoms with Gasteiger partial charge in [0.2, 0.25) is 10.0 Å². The smallest absolute Gasteiger partial charge is 0.240 e. The maximum absolute atomic E-state index is 12.3. The molecule has 0 radical (unpaired) electrons. The molecule has 112 valence electrons. The van der Waals surface area contributed by atoms with Gasteiger partial charge in [-0.2, -0.15) is 0 Å². The molecule has 0 amide bonds. The van der Waals surface area contributed by atoms with Gasteiger partial charge in [-0.3, -0.25) is 0 Å². The molecule has 0 aliphatic carbocycles. The van der Waals surface area contributed by atoms with Crippen LogP contribution in [0, 0.1) is 12.8 Å². The zero-order chi connectivity index (χ0) is 14.6. The number of hydrogen-bond acceptors (Lipinski definition) is 4. The number of sulfonamides is 1. The highest BCUT2D eigenvalue weighted by molar-refractivity contribution is 7.89. The van der Waals surface area contributed by atoms with Gasteiger partial charge in [0.1, 0.15) is 0 Å². The maximum atomic E-state index is 12.3. The van der Waals surface area contributed by atoms with Crippen molar-refractivity contribution in [3.8, 4) is 0 Å². The summed E-state index contributed by atoms with van der Waals surface area (Å²) in [6.45, 7) is 3.47. The Morgan fingerprint density at radius 2 is 2.25 bits per heavy atom. The molecule has 6 heteroatoms. The second-order valence-corrected chi connectivity index (χ2v) is 6.85. The lowest BCUT2D eigenvalue weighted by atomic mass is 10.1. The first-order valence-corrected chi connectivity index (χ1v) is 8.29. The second kappa shape index (κ2) is 6.67. The van der Waals surface area contributed by atoms with Gasteiger partial charge in [0, 0.05) is 19.8 Å². The van der Waals surface area contributed by atoms with E-state index in [1.54, 1.807) is 25.1 Å². The number of aliphatic hydroxyl groups is 1. The van der Waals surface area contributed by atoms with Gasteiger partial charge in [-0.25, -0.2) is 13.1 Å². The molecule has 1 saturated heterocycles. The Bertz CT molecular complexity index is 550. The third-order valence-corrected chi connectivity index (χ3v) is 5.33. The monoisotopic (exact) mass is 299 g/mol. The predicted molar refractivity (Wildman–Crippen MR) is 75.8 cm³/mol. The summed E-state index contributed by atoms with van der Waals surface area (Å²) in [6.07, 6.45) is 1.79. The minimum Gasteiger partial charge on any atom is -0.392 e. The lowest BCUT2D eigenvalue weighted by Crippen LogP contribution is -2.27. The SMILES string of the molecule is Cc1c(CO)cccc1S(=O)(=O)NCCC1CCOC1. The first kappa shape index (κ1) is 15.4.